The Balaban J connectivity index is 1.73. The Kier molecular flexibility index (Phi) is 10.9. The fourth-order valence-electron chi connectivity index (χ4n) is 4.72. The van der Waals surface area contributed by atoms with Crippen LogP contribution in [0.15, 0.2) is 65.1 Å². The molecular weight excluding hydrogens is 488 g/mol. The van der Waals surface area contributed by atoms with E-state index in [0.29, 0.717) is 25.7 Å². The van der Waals surface area contributed by atoms with Gasteiger partial charge in [-0.2, -0.15) is 0 Å². The van der Waals surface area contributed by atoms with E-state index in [1.54, 1.807) is 12.2 Å². The highest BCUT2D eigenvalue weighted by molar-refractivity contribution is 7.96. The maximum Gasteiger partial charge on any atom is 0.305 e. The Labute approximate surface area is 220 Å². The molecule has 198 valence electrons. The Morgan fingerprint density at radius 3 is 2.62 bits per heavy atom. The maximum absolute atomic E-state index is 13.2. The first-order chi connectivity index (χ1) is 17.8. The fraction of sp³-hybridized carbons (Fsp3) is 0.467. The summed E-state index contributed by atoms with van der Waals surface area (Å²) in [6.45, 7) is 0. The molecule has 3 rings (SSSR count). The van der Waals surface area contributed by atoms with Crippen molar-refractivity contribution in [1.29, 1.82) is 0 Å². The summed E-state index contributed by atoms with van der Waals surface area (Å²) in [5.74, 6) is 4.44. The van der Waals surface area contributed by atoms with Gasteiger partial charge in [-0.1, -0.05) is 73.2 Å². The first kappa shape index (κ1) is 28.6. The van der Waals surface area contributed by atoms with Gasteiger partial charge in [-0.25, -0.2) is 8.42 Å². The molecule has 2 aliphatic carbocycles. The topological polar surface area (TPSA) is 97.7 Å². The second-order valence-corrected chi connectivity index (χ2v) is 11.6. The van der Waals surface area contributed by atoms with Crippen LogP contribution in [-0.2, 0) is 30.6 Å². The summed E-state index contributed by atoms with van der Waals surface area (Å²) in [4.78, 5) is 24.2. The third-order valence-corrected chi connectivity index (χ3v) is 8.69. The molecule has 1 saturated carbocycles. The lowest BCUT2D eigenvalue weighted by Gasteiger charge is -2.14. The molecule has 0 aromatic heterocycles. The number of aliphatic hydroxyl groups is 1. The van der Waals surface area contributed by atoms with Crippen LogP contribution < -0.4 is 0 Å². The van der Waals surface area contributed by atoms with E-state index in [2.05, 4.69) is 16.6 Å². The predicted octanol–water partition coefficient (Wildman–Crippen LogP) is 4.50. The summed E-state index contributed by atoms with van der Waals surface area (Å²) in [7, 11) is -2.44. The van der Waals surface area contributed by atoms with Crippen LogP contribution in [0, 0.1) is 23.7 Å². The van der Waals surface area contributed by atoms with E-state index >= 15 is 0 Å². The fourth-order valence-corrected chi connectivity index (χ4v) is 6.22. The monoisotopic (exact) mass is 524 g/mol. The van der Waals surface area contributed by atoms with Gasteiger partial charge in [0.2, 0.25) is 5.78 Å². The molecule has 7 heteroatoms. The van der Waals surface area contributed by atoms with Crippen molar-refractivity contribution in [3.8, 4) is 11.8 Å². The number of ether oxygens (including phenoxy) is 1. The molecule has 1 fully saturated rings. The highest BCUT2D eigenvalue weighted by atomic mass is 32.2. The van der Waals surface area contributed by atoms with Crippen molar-refractivity contribution in [3.63, 3.8) is 0 Å². The number of carbonyl (C=O) groups excluding carboxylic acids is 2. The predicted molar refractivity (Wildman–Crippen MR) is 144 cm³/mol. The smallest absolute Gasteiger partial charge is 0.305 e. The van der Waals surface area contributed by atoms with Crippen LogP contribution in [0.1, 0.15) is 56.9 Å². The highest BCUT2D eigenvalue weighted by Gasteiger charge is 2.36. The van der Waals surface area contributed by atoms with Gasteiger partial charge < -0.3 is 9.84 Å². The van der Waals surface area contributed by atoms with Crippen LogP contribution in [0.25, 0.3) is 0 Å². The third kappa shape index (κ3) is 8.55. The minimum atomic E-state index is -3.78. The third-order valence-electron chi connectivity index (χ3n) is 6.87. The van der Waals surface area contributed by atoms with E-state index < -0.39 is 27.6 Å². The van der Waals surface area contributed by atoms with Crippen LogP contribution in [0.3, 0.4) is 0 Å². The molecule has 1 aromatic rings. The number of benzene rings is 1. The summed E-state index contributed by atoms with van der Waals surface area (Å²) >= 11 is 0. The van der Waals surface area contributed by atoms with Crippen LogP contribution >= 0.6 is 0 Å². The molecule has 0 spiro atoms. The molecule has 2 aliphatic rings. The average molecular weight is 525 g/mol. The SMILES string of the molecule is COC(=O)CCCC#C/C=C1\C(=O)C(S(=O)(=O)CCCc2ccccc2)=CC1/C=C/C(O)C1CCCC1. The van der Waals surface area contributed by atoms with Crippen LogP contribution in [-0.4, -0.2) is 44.2 Å². The zero-order valence-electron chi connectivity index (χ0n) is 21.4. The quantitative estimate of drug-likeness (QED) is 0.151. The average Bonchev–Trinajstić information content (AvgIpc) is 3.54. The number of ketones is 1. The molecule has 2 unspecified atom stereocenters. The molecule has 0 saturated heterocycles. The van der Waals surface area contributed by atoms with Gasteiger partial charge in [0.05, 0.1) is 19.0 Å². The second kappa shape index (κ2) is 14.1. The van der Waals surface area contributed by atoms with Gasteiger partial charge in [0.15, 0.2) is 9.84 Å². The van der Waals surface area contributed by atoms with E-state index in [0.717, 1.165) is 31.2 Å². The summed E-state index contributed by atoms with van der Waals surface area (Å²) in [6.07, 6.45) is 12.1. The van der Waals surface area contributed by atoms with E-state index in [1.807, 2.05) is 30.3 Å². The Morgan fingerprint density at radius 2 is 1.92 bits per heavy atom. The molecular formula is C30H36O6S. The Bertz CT molecular complexity index is 1190. The Hall–Kier alpha value is -2.95. The number of rotatable bonds is 11. The largest absolute Gasteiger partial charge is 0.469 e. The van der Waals surface area contributed by atoms with E-state index in [4.69, 9.17) is 0 Å². The summed E-state index contributed by atoms with van der Waals surface area (Å²) in [5.41, 5.74) is 1.34. The van der Waals surface area contributed by atoms with Crippen LogP contribution in [0.2, 0.25) is 0 Å². The van der Waals surface area contributed by atoms with Crippen molar-refractivity contribution in [2.24, 2.45) is 11.8 Å². The number of Topliss-reactive ketones (excluding diaryl/α,β-unsaturated/α-hetero) is 1. The molecule has 0 heterocycles. The van der Waals surface area contributed by atoms with Crippen molar-refractivity contribution < 1.29 is 27.9 Å². The van der Waals surface area contributed by atoms with Gasteiger partial charge in [0.1, 0.15) is 4.91 Å². The van der Waals surface area contributed by atoms with Gasteiger partial charge in [-0.15, -0.1) is 0 Å². The molecule has 0 bridgehead atoms. The number of unbranched alkanes of at least 4 members (excludes halogenated alkanes) is 1. The molecule has 0 amide bonds. The number of carbonyl (C=O) groups is 2. The number of aliphatic hydroxyl groups excluding tert-OH is 1. The van der Waals surface area contributed by atoms with Gasteiger partial charge in [-0.05, 0) is 49.7 Å². The zero-order valence-corrected chi connectivity index (χ0v) is 22.2. The zero-order chi connectivity index (χ0) is 26.7. The molecule has 1 aromatic carbocycles. The number of esters is 1. The summed E-state index contributed by atoms with van der Waals surface area (Å²) in [5, 5.41) is 10.6. The van der Waals surface area contributed by atoms with Crippen LogP contribution in [0.5, 0.6) is 0 Å². The lowest BCUT2D eigenvalue weighted by Crippen LogP contribution is -2.16. The van der Waals surface area contributed by atoms with E-state index in [1.165, 1.54) is 19.3 Å². The van der Waals surface area contributed by atoms with Gasteiger partial charge >= 0.3 is 5.97 Å². The molecule has 0 aliphatic heterocycles. The maximum atomic E-state index is 13.2. The van der Waals surface area contributed by atoms with Gasteiger partial charge in [0, 0.05) is 24.3 Å². The number of sulfone groups is 1. The molecule has 6 nitrogen and oxygen atoms in total. The van der Waals surface area contributed by atoms with Gasteiger partial charge in [-0.3, -0.25) is 9.59 Å². The highest BCUT2D eigenvalue weighted by Crippen LogP contribution is 2.33. The number of hydrogen-bond donors (Lipinski definition) is 1. The molecule has 2 atom stereocenters. The second-order valence-electron chi connectivity index (χ2n) is 9.56. The molecule has 37 heavy (non-hydrogen) atoms. The standard InChI is InChI=1S/C30H36O6S/c1-36-29(32)18-8-3-2-7-17-26-25(19-20-27(31)24-15-9-10-16-24)22-28(30(26)33)37(34,35)21-11-14-23-12-5-4-6-13-23/h4-6,12-13,17,19-20,22,24-25,27,31H,3,8-11,14-16,18,21H2,1H3/b20-19+,26-17-. The number of hydrogen-bond acceptors (Lipinski definition) is 6. The lowest BCUT2D eigenvalue weighted by molar-refractivity contribution is -0.140. The molecule has 0 radical (unpaired) electrons. The van der Waals surface area contributed by atoms with E-state index in [-0.39, 0.29) is 34.5 Å². The van der Waals surface area contributed by atoms with Crippen LogP contribution in [0.4, 0.5) is 0 Å². The van der Waals surface area contributed by atoms with Crippen molar-refractivity contribution in [3.05, 3.63) is 70.7 Å². The van der Waals surface area contributed by atoms with Crippen molar-refractivity contribution in [2.75, 3.05) is 12.9 Å². The first-order valence-electron chi connectivity index (χ1n) is 13.0. The summed E-state index contributed by atoms with van der Waals surface area (Å²) < 4.78 is 30.8. The van der Waals surface area contributed by atoms with E-state index in [9.17, 15) is 23.1 Å². The minimum absolute atomic E-state index is 0.118. The first-order valence-corrected chi connectivity index (χ1v) is 14.6. The van der Waals surface area contributed by atoms with Crippen molar-refractivity contribution in [1.82, 2.24) is 0 Å². The lowest BCUT2D eigenvalue weighted by atomic mass is 9.96. The normalized spacial score (nSPS) is 20.2. The minimum Gasteiger partial charge on any atom is -0.469 e. The van der Waals surface area contributed by atoms with Crippen molar-refractivity contribution >= 4 is 21.6 Å². The van der Waals surface area contributed by atoms with Gasteiger partial charge in [0.25, 0.3) is 0 Å². The van der Waals surface area contributed by atoms with Crippen molar-refractivity contribution in [2.45, 2.75) is 63.9 Å². The Morgan fingerprint density at radius 1 is 1.19 bits per heavy atom. The number of aryl methyl sites for hydroxylation is 1. The number of methoxy groups -OCH3 is 1. The molecule has 1 N–H and O–H groups in total. The summed E-state index contributed by atoms with van der Waals surface area (Å²) in [6, 6.07) is 9.64. The number of allylic oxidation sites excluding steroid dienone is 5.